The van der Waals surface area contributed by atoms with Gasteiger partial charge in [-0.3, -0.25) is 4.99 Å². The van der Waals surface area contributed by atoms with Gasteiger partial charge in [0.1, 0.15) is 0 Å². The summed E-state index contributed by atoms with van der Waals surface area (Å²) in [5.74, 6) is 0.720. The number of nitrogens with zero attached hydrogens (tertiary/aromatic N) is 1. The van der Waals surface area contributed by atoms with Crippen LogP contribution >= 0.6 is 15.9 Å². The van der Waals surface area contributed by atoms with Gasteiger partial charge in [0.25, 0.3) is 0 Å². The summed E-state index contributed by atoms with van der Waals surface area (Å²) in [6.07, 6.45) is 5.51. The second kappa shape index (κ2) is 7.10. The van der Waals surface area contributed by atoms with Crippen molar-refractivity contribution in [1.82, 2.24) is 0 Å². The second-order valence-electron chi connectivity index (χ2n) is 2.31. The molecule has 68 valence electrons. The smallest absolute Gasteiger partial charge is 0.0934 e. The zero-order chi connectivity index (χ0) is 9.40. The van der Waals surface area contributed by atoms with Gasteiger partial charge in [0.15, 0.2) is 0 Å². The maximum absolute atomic E-state index is 5.52. The molecule has 0 bridgehead atoms. The summed E-state index contributed by atoms with van der Waals surface area (Å²) < 4.78 is 1.01. The van der Waals surface area contributed by atoms with Gasteiger partial charge in [0.05, 0.1) is 5.84 Å². The molecule has 0 fully saturated rings. The molecule has 0 aliphatic rings. The maximum atomic E-state index is 5.52. The van der Waals surface area contributed by atoms with E-state index < -0.39 is 0 Å². The third-order valence-corrected chi connectivity index (χ3v) is 1.99. The highest BCUT2D eigenvalue weighted by Gasteiger charge is 1.85. The maximum Gasteiger partial charge on any atom is 0.0934 e. The molecule has 0 heterocycles. The average molecular weight is 231 g/mol. The van der Waals surface area contributed by atoms with E-state index in [1.54, 1.807) is 6.08 Å². The molecule has 0 spiro atoms. The molecule has 0 rings (SSSR count). The van der Waals surface area contributed by atoms with Crippen molar-refractivity contribution in [2.75, 3.05) is 6.54 Å². The molecule has 12 heavy (non-hydrogen) atoms. The number of nitrogens with two attached hydrogens (primary N) is 1. The molecule has 0 atom stereocenters. The van der Waals surface area contributed by atoms with E-state index in [9.17, 15) is 0 Å². The molecule has 0 aromatic carbocycles. The van der Waals surface area contributed by atoms with E-state index in [1.165, 1.54) is 0 Å². The third kappa shape index (κ3) is 6.16. The number of allylic oxidation sites excluding steroid dienone is 2. The highest BCUT2D eigenvalue weighted by Crippen LogP contribution is 2.05. The van der Waals surface area contributed by atoms with Crippen LogP contribution in [0.5, 0.6) is 0 Å². The lowest BCUT2D eigenvalue weighted by Gasteiger charge is -1.94. The number of aliphatic imine (C=N–C) groups is 1. The first kappa shape index (κ1) is 11.4. The van der Waals surface area contributed by atoms with Gasteiger partial charge < -0.3 is 5.73 Å². The lowest BCUT2D eigenvalue weighted by Crippen LogP contribution is -2.09. The van der Waals surface area contributed by atoms with Crippen molar-refractivity contribution in [3.8, 4) is 0 Å². The van der Waals surface area contributed by atoms with E-state index in [0.29, 0.717) is 0 Å². The first-order valence-electron chi connectivity index (χ1n) is 3.97. The largest absolute Gasteiger partial charge is 0.387 e. The predicted molar refractivity (Wildman–Crippen MR) is 58.6 cm³/mol. The first-order chi connectivity index (χ1) is 5.70. The fourth-order valence-corrected chi connectivity index (χ4v) is 0.835. The van der Waals surface area contributed by atoms with Crippen molar-refractivity contribution < 1.29 is 0 Å². The zero-order valence-corrected chi connectivity index (χ0v) is 8.97. The monoisotopic (exact) mass is 230 g/mol. The number of hydrogen-bond donors (Lipinski definition) is 1. The molecule has 0 aromatic rings. The lowest BCUT2D eigenvalue weighted by molar-refractivity contribution is 0.989. The van der Waals surface area contributed by atoms with E-state index in [1.807, 2.05) is 13.0 Å². The molecule has 3 heteroatoms. The summed E-state index contributed by atoms with van der Waals surface area (Å²) in [7, 11) is 0. The van der Waals surface area contributed by atoms with E-state index >= 15 is 0 Å². The zero-order valence-electron chi connectivity index (χ0n) is 7.39. The minimum absolute atomic E-state index is 0.720. The topological polar surface area (TPSA) is 38.4 Å². The number of rotatable bonds is 5. The number of halogens is 1. The molecule has 0 saturated heterocycles. The Kier molecular flexibility index (Phi) is 6.76. The molecule has 0 aliphatic heterocycles. The highest BCUT2D eigenvalue weighted by atomic mass is 79.9. The van der Waals surface area contributed by atoms with E-state index in [0.717, 1.165) is 29.7 Å². The Morgan fingerprint density at radius 2 is 2.33 bits per heavy atom. The van der Waals surface area contributed by atoms with Crippen molar-refractivity contribution >= 4 is 21.8 Å². The Hall–Kier alpha value is -0.570. The SMILES string of the molecule is C=C/C(Br)=C\CCN=C(N)CC. The fourth-order valence-electron chi connectivity index (χ4n) is 0.606. The molecule has 0 amide bonds. The van der Waals surface area contributed by atoms with Crippen LogP contribution < -0.4 is 5.73 Å². The summed E-state index contributed by atoms with van der Waals surface area (Å²) >= 11 is 3.32. The van der Waals surface area contributed by atoms with Crippen molar-refractivity contribution in [3.63, 3.8) is 0 Å². The molecular weight excluding hydrogens is 216 g/mol. The Morgan fingerprint density at radius 1 is 1.67 bits per heavy atom. The first-order valence-corrected chi connectivity index (χ1v) is 4.76. The number of amidine groups is 1. The van der Waals surface area contributed by atoms with Crippen molar-refractivity contribution in [3.05, 3.63) is 23.2 Å². The molecule has 0 unspecified atom stereocenters. The van der Waals surface area contributed by atoms with Gasteiger partial charge in [0, 0.05) is 17.4 Å². The minimum atomic E-state index is 0.720. The quantitative estimate of drug-likeness (QED) is 0.336. The summed E-state index contributed by atoms with van der Waals surface area (Å²) in [6, 6.07) is 0. The summed E-state index contributed by atoms with van der Waals surface area (Å²) in [5.41, 5.74) is 5.52. The van der Waals surface area contributed by atoms with Crippen LogP contribution in [0.3, 0.4) is 0 Å². The van der Waals surface area contributed by atoms with Crippen molar-refractivity contribution in [2.45, 2.75) is 19.8 Å². The van der Waals surface area contributed by atoms with Gasteiger partial charge in [-0.25, -0.2) is 0 Å². The molecule has 0 saturated carbocycles. The highest BCUT2D eigenvalue weighted by molar-refractivity contribution is 9.11. The Morgan fingerprint density at radius 3 is 2.83 bits per heavy atom. The standard InChI is InChI=1S/C9H15BrN2/c1-3-8(10)6-5-7-12-9(11)4-2/h3,6H,1,4-5,7H2,2H3,(H2,11,12)/b8-6+. The van der Waals surface area contributed by atoms with Crippen LogP contribution in [0.4, 0.5) is 0 Å². The van der Waals surface area contributed by atoms with Crippen molar-refractivity contribution in [2.24, 2.45) is 10.7 Å². The van der Waals surface area contributed by atoms with Gasteiger partial charge in [-0.2, -0.15) is 0 Å². The molecule has 0 aromatic heterocycles. The molecular formula is C9H15BrN2. The summed E-state index contributed by atoms with van der Waals surface area (Å²) in [4.78, 5) is 4.14. The van der Waals surface area contributed by atoms with Crippen LogP contribution in [-0.2, 0) is 0 Å². The van der Waals surface area contributed by atoms with Gasteiger partial charge in [-0.15, -0.1) is 0 Å². The van der Waals surface area contributed by atoms with Gasteiger partial charge >= 0.3 is 0 Å². The van der Waals surface area contributed by atoms with Crippen LogP contribution in [0.15, 0.2) is 28.2 Å². The van der Waals surface area contributed by atoms with Gasteiger partial charge in [-0.1, -0.05) is 41.6 Å². The Balaban J connectivity index is 3.64. The van der Waals surface area contributed by atoms with E-state index in [-0.39, 0.29) is 0 Å². The minimum Gasteiger partial charge on any atom is -0.387 e. The Bertz CT molecular complexity index is 195. The van der Waals surface area contributed by atoms with Crippen LogP contribution in [0, 0.1) is 0 Å². The predicted octanol–water partition coefficient (Wildman–Crippen LogP) is 2.61. The molecule has 2 nitrogen and oxygen atoms in total. The third-order valence-electron chi connectivity index (χ3n) is 1.34. The molecule has 2 N–H and O–H groups in total. The average Bonchev–Trinajstić information content (AvgIpc) is 2.11. The van der Waals surface area contributed by atoms with Gasteiger partial charge in [0.2, 0.25) is 0 Å². The molecule has 0 radical (unpaired) electrons. The van der Waals surface area contributed by atoms with Crippen LogP contribution in [0.2, 0.25) is 0 Å². The van der Waals surface area contributed by atoms with E-state index in [4.69, 9.17) is 5.73 Å². The van der Waals surface area contributed by atoms with Gasteiger partial charge in [-0.05, 0) is 6.42 Å². The normalized spacial score (nSPS) is 13.2. The Labute approximate surface area is 82.4 Å². The second-order valence-corrected chi connectivity index (χ2v) is 3.22. The molecule has 0 aliphatic carbocycles. The summed E-state index contributed by atoms with van der Waals surface area (Å²) in [5, 5.41) is 0. The van der Waals surface area contributed by atoms with Crippen LogP contribution in [-0.4, -0.2) is 12.4 Å². The van der Waals surface area contributed by atoms with Crippen LogP contribution in [0.25, 0.3) is 0 Å². The van der Waals surface area contributed by atoms with Crippen molar-refractivity contribution in [1.29, 1.82) is 0 Å². The van der Waals surface area contributed by atoms with Crippen LogP contribution in [0.1, 0.15) is 19.8 Å². The lowest BCUT2D eigenvalue weighted by atomic mass is 10.3. The summed E-state index contributed by atoms with van der Waals surface area (Å²) in [6.45, 7) is 6.36. The number of hydrogen-bond acceptors (Lipinski definition) is 1. The van der Waals surface area contributed by atoms with E-state index in [2.05, 4.69) is 27.5 Å². The fraction of sp³-hybridized carbons (Fsp3) is 0.444.